The van der Waals surface area contributed by atoms with Gasteiger partial charge in [-0.1, -0.05) is 6.07 Å². The van der Waals surface area contributed by atoms with Crippen LogP contribution in [0.1, 0.15) is 11.1 Å². The monoisotopic (exact) mass is 245 g/mol. The lowest BCUT2D eigenvalue weighted by Crippen LogP contribution is -2.52. The molecule has 5 heteroatoms. The lowest BCUT2D eigenvalue weighted by molar-refractivity contribution is -0.121. The molecule has 0 bridgehead atoms. The zero-order valence-corrected chi connectivity index (χ0v) is 10.2. The Kier molecular flexibility index (Phi) is 3.49. The van der Waals surface area contributed by atoms with E-state index in [0.29, 0.717) is 18.7 Å². The van der Waals surface area contributed by atoms with Crippen molar-refractivity contribution in [2.45, 2.75) is 13.0 Å². The largest absolute Gasteiger partial charge is 0.377 e. The van der Waals surface area contributed by atoms with Crippen molar-refractivity contribution in [3.05, 3.63) is 29.3 Å². The van der Waals surface area contributed by atoms with Crippen LogP contribution in [0, 0.1) is 18.3 Å². The second kappa shape index (κ2) is 5.07. The number of anilines is 1. The highest BCUT2D eigenvalue weighted by molar-refractivity contribution is 5.84. The molecule has 0 radical (unpaired) electrons. The first-order valence-electron chi connectivity index (χ1n) is 5.78. The molecule has 1 fully saturated rings. The van der Waals surface area contributed by atoms with Gasteiger partial charge in [-0.05, 0) is 24.6 Å². The predicted octanol–water partition coefficient (Wildman–Crippen LogP) is 0.557. The molecule has 2 rings (SSSR count). The third-order valence-electron chi connectivity index (χ3n) is 3.04. The first-order valence-corrected chi connectivity index (χ1v) is 5.78. The highest BCUT2D eigenvalue weighted by Crippen LogP contribution is 2.24. The number of morpholine rings is 1. The molecule has 0 aliphatic carbocycles. The number of hydrogen-bond acceptors (Lipinski definition) is 4. The number of carbonyl (C=O) groups is 1. The summed E-state index contributed by atoms with van der Waals surface area (Å²) < 4.78 is 5.27. The summed E-state index contributed by atoms with van der Waals surface area (Å²) in [5, 5.41) is 9.17. The number of aryl methyl sites for hydroxylation is 1. The van der Waals surface area contributed by atoms with Gasteiger partial charge in [0.1, 0.15) is 12.1 Å². The first-order chi connectivity index (χ1) is 8.63. The molecule has 1 saturated heterocycles. The van der Waals surface area contributed by atoms with E-state index in [0.717, 1.165) is 11.3 Å². The molecule has 1 unspecified atom stereocenters. The number of amides is 1. The number of carbonyl (C=O) groups excluding carboxylic acids is 1. The maximum Gasteiger partial charge on any atom is 0.242 e. The minimum absolute atomic E-state index is 0.272. The fourth-order valence-corrected chi connectivity index (χ4v) is 2.12. The SMILES string of the molecule is Cc1ccc(N2CCOCC2C(N)=O)c(C#N)c1. The number of primary amides is 1. The van der Waals surface area contributed by atoms with Crippen molar-refractivity contribution in [2.75, 3.05) is 24.7 Å². The molecule has 5 nitrogen and oxygen atoms in total. The summed E-state index contributed by atoms with van der Waals surface area (Å²) in [7, 11) is 0. The van der Waals surface area contributed by atoms with Crippen LogP contribution < -0.4 is 10.6 Å². The number of ether oxygens (including phenoxy) is 1. The van der Waals surface area contributed by atoms with Gasteiger partial charge in [-0.25, -0.2) is 0 Å². The van der Waals surface area contributed by atoms with E-state index >= 15 is 0 Å². The maximum absolute atomic E-state index is 11.4. The van der Waals surface area contributed by atoms with Gasteiger partial charge in [0.2, 0.25) is 5.91 Å². The Balaban J connectivity index is 2.40. The lowest BCUT2D eigenvalue weighted by atomic mass is 10.1. The summed E-state index contributed by atoms with van der Waals surface area (Å²) in [6, 6.07) is 7.24. The van der Waals surface area contributed by atoms with Crippen LogP contribution in [0.4, 0.5) is 5.69 Å². The summed E-state index contributed by atoms with van der Waals surface area (Å²) in [6.45, 7) is 3.29. The van der Waals surface area contributed by atoms with E-state index in [1.54, 1.807) is 0 Å². The fourth-order valence-electron chi connectivity index (χ4n) is 2.12. The standard InChI is InChI=1S/C13H15N3O2/c1-9-2-3-11(10(6-9)7-14)16-4-5-18-8-12(16)13(15)17/h2-3,6,12H,4-5,8H2,1H3,(H2,15,17). The maximum atomic E-state index is 11.4. The van der Waals surface area contributed by atoms with Crippen LogP contribution >= 0.6 is 0 Å². The van der Waals surface area contributed by atoms with Crippen molar-refractivity contribution < 1.29 is 9.53 Å². The Labute approximate surface area is 106 Å². The molecule has 1 heterocycles. The normalized spacial score (nSPS) is 19.3. The lowest BCUT2D eigenvalue weighted by Gasteiger charge is -2.35. The molecule has 0 spiro atoms. The predicted molar refractivity (Wildman–Crippen MR) is 67.0 cm³/mol. The van der Waals surface area contributed by atoms with Gasteiger partial charge < -0.3 is 15.4 Å². The van der Waals surface area contributed by atoms with Gasteiger partial charge in [0.25, 0.3) is 0 Å². The molecular weight excluding hydrogens is 230 g/mol. The molecule has 0 saturated carbocycles. The first kappa shape index (κ1) is 12.4. The van der Waals surface area contributed by atoms with Crippen LogP contribution in [-0.4, -0.2) is 31.7 Å². The van der Waals surface area contributed by atoms with E-state index in [-0.39, 0.29) is 6.61 Å². The van der Waals surface area contributed by atoms with Crippen molar-refractivity contribution in [3.8, 4) is 6.07 Å². The van der Waals surface area contributed by atoms with Crippen molar-refractivity contribution in [1.82, 2.24) is 0 Å². The van der Waals surface area contributed by atoms with Crippen molar-refractivity contribution in [3.63, 3.8) is 0 Å². The van der Waals surface area contributed by atoms with Gasteiger partial charge in [0.15, 0.2) is 0 Å². The third-order valence-corrected chi connectivity index (χ3v) is 3.04. The number of rotatable bonds is 2. The van der Waals surface area contributed by atoms with Gasteiger partial charge in [0, 0.05) is 6.54 Å². The smallest absolute Gasteiger partial charge is 0.242 e. The third kappa shape index (κ3) is 2.29. The molecule has 18 heavy (non-hydrogen) atoms. The highest BCUT2D eigenvalue weighted by atomic mass is 16.5. The Morgan fingerprint density at radius 1 is 1.61 bits per heavy atom. The van der Waals surface area contributed by atoms with Crippen LogP contribution in [0.2, 0.25) is 0 Å². The van der Waals surface area contributed by atoms with E-state index in [1.165, 1.54) is 0 Å². The molecule has 1 aliphatic rings. The Morgan fingerprint density at radius 2 is 2.39 bits per heavy atom. The minimum Gasteiger partial charge on any atom is -0.377 e. The van der Waals surface area contributed by atoms with Gasteiger partial charge in [0.05, 0.1) is 24.5 Å². The van der Waals surface area contributed by atoms with Crippen molar-refractivity contribution in [2.24, 2.45) is 5.73 Å². The number of nitriles is 1. The van der Waals surface area contributed by atoms with E-state index < -0.39 is 11.9 Å². The van der Waals surface area contributed by atoms with E-state index in [1.807, 2.05) is 30.0 Å². The molecular formula is C13H15N3O2. The molecule has 2 N–H and O–H groups in total. The van der Waals surface area contributed by atoms with Crippen LogP contribution in [0.15, 0.2) is 18.2 Å². The average Bonchev–Trinajstić information content (AvgIpc) is 2.38. The summed E-state index contributed by atoms with van der Waals surface area (Å²) in [6.07, 6.45) is 0. The van der Waals surface area contributed by atoms with E-state index in [9.17, 15) is 10.1 Å². The summed E-state index contributed by atoms with van der Waals surface area (Å²) in [4.78, 5) is 13.3. The zero-order chi connectivity index (χ0) is 13.1. The van der Waals surface area contributed by atoms with Crippen molar-refractivity contribution >= 4 is 11.6 Å². The Hall–Kier alpha value is -2.06. The molecule has 1 amide bonds. The van der Waals surface area contributed by atoms with Crippen LogP contribution in [0.5, 0.6) is 0 Å². The fraction of sp³-hybridized carbons (Fsp3) is 0.385. The summed E-state index contributed by atoms with van der Waals surface area (Å²) in [5.74, 6) is -0.431. The molecule has 94 valence electrons. The Morgan fingerprint density at radius 3 is 3.06 bits per heavy atom. The van der Waals surface area contributed by atoms with Crippen molar-refractivity contribution in [1.29, 1.82) is 5.26 Å². The minimum atomic E-state index is -0.506. The molecule has 1 aromatic carbocycles. The van der Waals surface area contributed by atoms with Gasteiger partial charge in [-0.3, -0.25) is 4.79 Å². The second-order valence-corrected chi connectivity index (χ2v) is 4.32. The van der Waals surface area contributed by atoms with Crippen LogP contribution in [0.25, 0.3) is 0 Å². The topological polar surface area (TPSA) is 79.3 Å². The number of benzene rings is 1. The second-order valence-electron chi connectivity index (χ2n) is 4.32. The van der Waals surface area contributed by atoms with Gasteiger partial charge in [-0.15, -0.1) is 0 Å². The number of hydrogen-bond donors (Lipinski definition) is 1. The summed E-state index contributed by atoms with van der Waals surface area (Å²) in [5.41, 5.74) is 7.69. The number of nitrogens with zero attached hydrogens (tertiary/aromatic N) is 2. The van der Waals surface area contributed by atoms with E-state index in [4.69, 9.17) is 10.5 Å². The quantitative estimate of drug-likeness (QED) is 0.825. The molecule has 1 aliphatic heterocycles. The van der Waals surface area contributed by atoms with Gasteiger partial charge in [-0.2, -0.15) is 5.26 Å². The van der Waals surface area contributed by atoms with E-state index in [2.05, 4.69) is 6.07 Å². The van der Waals surface area contributed by atoms with Crippen LogP contribution in [-0.2, 0) is 9.53 Å². The number of nitrogens with two attached hydrogens (primary N) is 1. The summed E-state index contributed by atoms with van der Waals surface area (Å²) >= 11 is 0. The average molecular weight is 245 g/mol. The molecule has 1 aromatic rings. The Bertz CT molecular complexity index is 507. The van der Waals surface area contributed by atoms with Gasteiger partial charge >= 0.3 is 0 Å². The zero-order valence-electron chi connectivity index (χ0n) is 10.2. The molecule has 0 aromatic heterocycles. The highest BCUT2D eigenvalue weighted by Gasteiger charge is 2.29. The van der Waals surface area contributed by atoms with Crippen LogP contribution in [0.3, 0.4) is 0 Å². The molecule has 1 atom stereocenters.